The number of ether oxygens (including phenoxy) is 1. The molecule has 1 atom stereocenters. The summed E-state index contributed by atoms with van der Waals surface area (Å²) in [5.41, 5.74) is -0.425. The Balaban J connectivity index is 1.65. The van der Waals surface area contributed by atoms with Gasteiger partial charge in [-0.3, -0.25) is 9.59 Å². The van der Waals surface area contributed by atoms with Crippen LogP contribution in [0.2, 0.25) is 0 Å². The second kappa shape index (κ2) is 13.4. The lowest BCUT2D eigenvalue weighted by molar-refractivity contribution is -0.138. The highest BCUT2D eigenvalue weighted by Gasteiger charge is 2.31. The summed E-state index contributed by atoms with van der Waals surface area (Å²) in [4.78, 5) is 22.9. The highest BCUT2D eigenvalue weighted by molar-refractivity contribution is 5.96. The van der Waals surface area contributed by atoms with Crippen LogP contribution < -0.4 is 10.1 Å². The van der Waals surface area contributed by atoms with Crippen LogP contribution in [0, 0.1) is 17.6 Å². The first-order chi connectivity index (χ1) is 18.8. The molecule has 0 bridgehead atoms. The zero-order chi connectivity index (χ0) is 29.4. The molecule has 5 nitrogen and oxygen atoms in total. The van der Waals surface area contributed by atoms with E-state index in [0.717, 1.165) is 17.8 Å². The zero-order valence-electron chi connectivity index (χ0n) is 22.0. The molecule has 3 rings (SSSR count). The van der Waals surface area contributed by atoms with E-state index in [1.54, 1.807) is 24.3 Å². The Labute approximate surface area is 229 Å². The fourth-order valence-electron chi connectivity index (χ4n) is 4.18. The Hall–Kier alpha value is -3.95. The van der Waals surface area contributed by atoms with Crippen molar-refractivity contribution in [2.24, 2.45) is 5.92 Å². The maximum atomic E-state index is 14.8. The largest absolute Gasteiger partial charge is 0.491 e. The van der Waals surface area contributed by atoms with Crippen molar-refractivity contribution >= 4 is 17.4 Å². The second-order valence-corrected chi connectivity index (χ2v) is 9.86. The molecule has 214 valence electrons. The molecular weight excluding hydrogens is 533 g/mol. The molecule has 0 saturated carbocycles. The summed E-state index contributed by atoms with van der Waals surface area (Å²) in [5, 5.41) is 12.0. The van der Waals surface area contributed by atoms with Gasteiger partial charge in [0.1, 0.15) is 24.0 Å². The van der Waals surface area contributed by atoms with Gasteiger partial charge in [0, 0.05) is 41.3 Å². The second-order valence-electron chi connectivity index (χ2n) is 9.86. The zero-order valence-corrected chi connectivity index (χ0v) is 22.0. The first-order valence-electron chi connectivity index (χ1n) is 12.7. The highest BCUT2D eigenvalue weighted by Crippen LogP contribution is 2.34. The number of hydrogen-bond donors (Lipinski definition) is 2. The number of rotatable bonds is 13. The van der Waals surface area contributed by atoms with Crippen LogP contribution in [0.4, 0.5) is 27.6 Å². The van der Waals surface area contributed by atoms with E-state index in [1.807, 2.05) is 13.8 Å². The van der Waals surface area contributed by atoms with E-state index in [2.05, 4.69) is 5.32 Å². The Morgan fingerprint density at radius 2 is 1.52 bits per heavy atom. The topological polar surface area (TPSA) is 75.6 Å². The molecule has 0 amide bonds. The average Bonchev–Trinajstić information content (AvgIpc) is 2.87. The number of benzene rings is 3. The molecule has 0 heterocycles. The number of nitrogens with one attached hydrogen (secondary N) is 1. The van der Waals surface area contributed by atoms with Gasteiger partial charge in [0.05, 0.1) is 11.6 Å². The van der Waals surface area contributed by atoms with Gasteiger partial charge in [-0.25, -0.2) is 8.78 Å². The Bertz CT molecular complexity index is 1320. The van der Waals surface area contributed by atoms with Crippen molar-refractivity contribution in [2.75, 3.05) is 11.9 Å². The van der Waals surface area contributed by atoms with E-state index >= 15 is 0 Å². The van der Waals surface area contributed by atoms with Gasteiger partial charge in [0.25, 0.3) is 0 Å². The lowest BCUT2D eigenvalue weighted by Crippen LogP contribution is -2.28. The van der Waals surface area contributed by atoms with Crippen molar-refractivity contribution < 1.29 is 41.4 Å². The summed E-state index contributed by atoms with van der Waals surface area (Å²) in [6, 6.07) is 12.3. The predicted octanol–water partition coefficient (Wildman–Crippen LogP) is 7.99. The number of carbonyl (C=O) groups is 2. The lowest BCUT2D eigenvalue weighted by Gasteiger charge is -2.22. The summed E-state index contributed by atoms with van der Waals surface area (Å²) in [5.74, 6) is -2.65. The number of aliphatic carboxylic acids is 1. The molecule has 40 heavy (non-hydrogen) atoms. The van der Waals surface area contributed by atoms with Crippen molar-refractivity contribution in [3.63, 3.8) is 0 Å². The molecule has 0 aliphatic rings. The molecule has 0 unspecified atom stereocenters. The van der Waals surface area contributed by atoms with Gasteiger partial charge >= 0.3 is 12.1 Å². The normalized spacial score (nSPS) is 12.3. The van der Waals surface area contributed by atoms with Crippen LogP contribution in [0.25, 0.3) is 11.1 Å². The quantitative estimate of drug-likeness (QED) is 0.163. The van der Waals surface area contributed by atoms with Crippen molar-refractivity contribution in [3.8, 4) is 16.9 Å². The predicted molar refractivity (Wildman–Crippen MR) is 141 cm³/mol. The number of carboxylic acids is 1. The van der Waals surface area contributed by atoms with E-state index in [9.17, 15) is 31.5 Å². The number of carboxylic acid groups (broad SMARTS) is 1. The fraction of sp³-hybridized carbons (Fsp3) is 0.333. The van der Waals surface area contributed by atoms with Gasteiger partial charge in [-0.05, 0) is 67.3 Å². The summed E-state index contributed by atoms with van der Waals surface area (Å²) >= 11 is 0. The van der Waals surface area contributed by atoms with E-state index < -0.39 is 29.3 Å². The first-order valence-corrected chi connectivity index (χ1v) is 12.7. The van der Waals surface area contributed by atoms with Crippen LogP contribution in [-0.4, -0.2) is 29.5 Å². The number of halogens is 5. The maximum absolute atomic E-state index is 14.8. The average molecular weight is 564 g/mol. The van der Waals surface area contributed by atoms with Gasteiger partial charge in [-0.15, -0.1) is 0 Å². The fourth-order valence-corrected chi connectivity index (χ4v) is 4.18. The SMILES string of the molecule is CC(C)C[C@@H](COc1ccc(-c2ccc(C(F)(F)F)cc2F)c(F)c1)Nc1ccc(C(=O)CCCC(=O)O)cc1. The third kappa shape index (κ3) is 8.79. The van der Waals surface area contributed by atoms with Crippen molar-refractivity contribution in [1.29, 1.82) is 0 Å². The summed E-state index contributed by atoms with van der Waals surface area (Å²) in [6.07, 6.45) is -3.67. The Morgan fingerprint density at radius 1 is 0.900 bits per heavy atom. The van der Waals surface area contributed by atoms with Crippen LogP contribution in [-0.2, 0) is 11.0 Å². The third-order valence-electron chi connectivity index (χ3n) is 6.11. The molecule has 0 saturated heterocycles. The van der Waals surface area contributed by atoms with Gasteiger partial charge in [0.15, 0.2) is 5.78 Å². The van der Waals surface area contributed by atoms with Crippen molar-refractivity contribution in [1.82, 2.24) is 0 Å². The number of Topliss-reactive ketones (excluding diaryl/α,β-unsaturated/α-hetero) is 1. The van der Waals surface area contributed by atoms with Crippen LogP contribution >= 0.6 is 0 Å². The Kier molecular flexibility index (Phi) is 10.3. The Morgan fingerprint density at radius 3 is 2.08 bits per heavy atom. The molecule has 10 heteroatoms. The standard InChI is InChI=1S/C30H30F5NO4/c1-18(2)14-22(36-21-9-6-19(7-10-21)28(37)4-3-5-29(38)39)17-40-23-11-13-25(27(32)16-23)24-12-8-20(15-26(24)31)30(33,34)35/h6-13,15-16,18,22,36H,3-5,14,17H2,1-2H3,(H,38,39)/t22-/m0/s1. The van der Waals surface area contributed by atoms with E-state index in [1.165, 1.54) is 12.1 Å². The smallest absolute Gasteiger partial charge is 0.416 e. The number of anilines is 1. The van der Waals surface area contributed by atoms with Gasteiger partial charge in [-0.1, -0.05) is 19.9 Å². The van der Waals surface area contributed by atoms with Crippen LogP contribution in [0.1, 0.15) is 55.5 Å². The van der Waals surface area contributed by atoms with E-state index in [-0.39, 0.29) is 60.5 Å². The van der Waals surface area contributed by atoms with Crippen molar-refractivity contribution in [2.45, 2.75) is 51.7 Å². The van der Waals surface area contributed by atoms with Gasteiger partial charge < -0.3 is 15.2 Å². The third-order valence-corrected chi connectivity index (χ3v) is 6.11. The molecule has 0 aromatic heterocycles. The summed E-state index contributed by atoms with van der Waals surface area (Å²) in [7, 11) is 0. The van der Waals surface area contributed by atoms with Gasteiger partial charge in [-0.2, -0.15) is 13.2 Å². The highest BCUT2D eigenvalue weighted by atomic mass is 19.4. The van der Waals surface area contributed by atoms with E-state index in [0.29, 0.717) is 24.1 Å². The van der Waals surface area contributed by atoms with Crippen molar-refractivity contribution in [3.05, 3.63) is 83.4 Å². The lowest BCUT2D eigenvalue weighted by atomic mass is 10.0. The maximum Gasteiger partial charge on any atom is 0.416 e. The minimum atomic E-state index is -4.71. The molecule has 0 spiro atoms. The van der Waals surface area contributed by atoms with Gasteiger partial charge in [0.2, 0.25) is 0 Å². The molecule has 0 aliphatic carbocycles. The molecule has 0 radical (unpaired) electrons. The number of hydrogen-bond acceptors (Lipinski definition) is 4. The van der Waals surface area contributed by atoms with Crippen LogP contribution in [0.5, 0.6) is 5.75 Å². The molecule has 3 aromatic carbocycles. The van der Waals surface area contributed by atoms with Crippen LogP contribution in [0.3, 0.4) is 0 Å². The van der Waals surface area contributed by atoms with Crippen LogP contribution in [0.15, 0.2) is 60.7 Å². The molecular formula is C30H30F5NO4. The summed E-state index contributed by atoms with van der Waals surface area (Å²) in [6.45, 7) is 4.21. The van der Waals surface area contributed by atoms with E-state index in [4.69, 9.17) is 9.84 Å². The molecule has 0 fully saturated rings. The number of alkyl halides is 3. The number of ketones is 1. The molecule has 2 N–H and O–H groups in total. The first kappa shape index (κ1) is 30.6. The molecule has 0 aliphatic heterocycles. The number of carbonyl (C=O) groups excluding carboxylic acids is 1. The minimum Gasteiger partial charge on any atom is -0.491 e. The summed E-state index contributed by atoms with van der Waals surface area (Å²) < 4.78 is 73.4. The monoisotopic (exact) mass is 563 g/mol. The minimum absolute atomic E-state index is 0.0686. The molecule has 3 aromatic rings.